The van der Waals surface area contributed by atoms with Gasteiger partial charge in [-0.3, -0.25) is 14.9 Å². The van der Waals surface area contributed by atoms with Gasteiger partial charge in [0.05, 0.1) is 15.9 Å². The zero-order valence-corrected chi connectivity index (χ0v) is 11.1. The van der Waals surface area contributed by atoms with Gasteiger partial charge in [-0.25, -0.2) is 8.42 Å². The SMILES string of the molecule is CC(O)C(NS(=O)(=O)c1ccc([N+](=O)[O-])cc1)C(=O)O. The summed E-state index contributed by atoms with van der Waals surface area (Å²) in [7, 11) is -4.21. The fourth-order valence-corrected chi connectivity index (χ4v) is 2.60. The second-order valence-electron chi connectivity index (χ2n) is 3.93. The molecule has 110 valence electrons. The topological polar surface area (TPSA) is 147 Å². The number of carbonyl (C=O) groups is 1. The van der Waals surface area contributed by atoms with Crippen LogP contribution >= 0.6 is 0 Å². The number of nitro benzene ring substituents is 1. The highest BCUT2D eigenvalue weighted by molar-refractivity contribution is 7.89. The van der Waals surface area contributed by atoms with Crippen LogP contribution in [0.5, 0.6) is 0 Å². The Morgan fingerprint density at radius 1 is 1.35 bits per heavy atom. The summed E-state index contributed by atoms with van der Waals surface area (Å²) in [6.07, 6.45) is -1.44. The lowest BCUT2D eigenvalue weighted by Crippen LogP contribution is -2.47. The predicted octanol–water partition coefficient (Wildman–Crippen LogP) is -0.293. The molecule has 0 bridgehead atoms. The molecule has 2 unspecified atom stereocenters. The molecule has 2 atom stereocenters. The van der Waals surface area contributed by atoms with Gasteiger partial charge in [0.1, 0.15) is 6.04 Å². The molecule has 1 aromatic rings. The quantitative estimate of drug-likeness (QED) is 0.483. The van der Waals surface area contributed by atoms with Crippen LogP contribution in [0.4, 0.5) is 5.69 Å². The number of benzene rings is 1. The van der Waals surface area contributed by atoms with Crippen LogP contribution in [0.3, 0.4) is 0 Å². The molecule has 0 saturated heterocycles. The van der Waals surface area contributed by atoms with Crippen LogP contribution in [0.15, 0.2) is 29.2 Å². The first kappa shape index (κ1) is 16.0. The third kappa shape index (κ3) is 3.73. The van der Waals surface area contributed by atoms with E-state index < -0.39 is 33.1 Å². The maximum atomic E-state index is 11.9. The summed E-state index contributed by atoms with van der Waals surface area (Å²) in [5.41, 5.74) is -0.297. The summed E-state index contributed by atoms with van der Waals surface area (Å²) >= 11 is 0. The van der Waals surface area contributed by atoms with Gasteiger partial charge in [0.15, 0.2) is 0 Å². The fourth-order valence-electron chi connectivity index (χ4n) is 1.34. The Balaban J connectivity index is 3.04. The van der Waals surface area contributed by atoms with Gasteiger partial charge in [-0.05, 0) is 19.1 Å². The van der Waals surface area contributed by atoms with E-state index in [9.17, 15) is 28.4 Å². The Morgan fingerprint density at radius 3 is 2.20 bits per heavy atom. The molecule has 0 aromatic heterocycles. The zero-order chi connectivity index (χ0) is 15.5. The number of carboxylic acids is 1. The molecular formula is C10H12N2O7S. The van der Waals surface area contributed by atoms with E-state index in [0.29, 0.717) is 0 Å². The van der Waals surface area contributed by atoms with Crippen LogP contribution in [-0.4, -0.2) is 41.7 Å². The normalized spacial score (nSPS) is 14.5. The third-order valence-electron chi connectivity index (χ3n) is 2.39. The van der Waals surface area contributed by atoms with Crippen LogP contribution in [0.1, 0.15) is 6.92 Å². The molecule has 0 spiro atoms. The van der Waals surface area contributed by atoms with E-state index in [1.54, 1.807) is 0 Å². The van der Waals surface area contributed by atoms with Gasteiger partial charge in [-0.1, -0.05) is 0 Å². The van der Waals surface area contributed by atoms with E-state index in [4.69, 9.17) is 5.11 Å². The Morgan fingerprint density at radius 2 is 1.85 bits per heavy atom. The van der Waals surface area contributed by atoms with Crippen molar-refractivity contribution < 1.29 is 28.3 Å². The zero-order valence-electron chi connectivity index (χ0n) is 10.3. The largest absolute Gasteiger partial charge is 0.480 e. The van der Waals surface area contributed by atoms with Gasteiger partial charge in [0, 0.05) is 12.1 Å². The molecule has 0 saturated carbocycles. The van der Waals surface area contributed by atoms with E-state index in [-0.39, 0.29) is 10.6 Å². The second-order valence-corrected chi connectivity index (χ2v) is 5.64. The minimum Gasteiger partial charge on any atom is -0.480 e. The molecule has 3 N–H and O–H groups in total. The summed E-state index contributed by atoms with van der Waals surface area (Å²) in [5, 5.41) is 28.5. The van der Waals surface area contributed by atoms with Gasteiger partial charge in [0.25, 0.3) is 5.69 Å². The van der Waals surface area contributed by atoms with Crippen molar-refractivity contribution in [1.29, 1.82) is 0 Å². The number of nitrogens with one attached hydrogen (secondary N) is 1. The highest BCUT2D eigenvalue weighted by Crippen LogP contribution is 2.16. The molecule has 9 nitrogen and oxygen atoms in total. The first-order valence-corrected chi connectivity index (χ1v) is 6.81. The van der Waals surface area contributed by atoms with Crippen molar-refractivity contribution in [3.8, 4) is 0 Å². The molecule has 0 amide bonds. The molecule has 20 heavy (non-hydrogen) atoms. The van der Waals surface area contributed by atoms with Crippen molar-refractivity contribution in [2.75, 3.05) is 0 Å². The lowest BCUT2D eigenvalue weighted by molar-refractivity contribution is -0.384. The van der Waals surface area contributed by atoms with Crippen LogP contribution in [0.25, 0.3) is 0 Å². The minimum atomic E-state index is -4.21. The molecule has 0 aliphatic rings. The first-order valence-electron chi connectivity index (χ1n) is 5.33. The molecule has 1 rings (SSSR count). The first-order chi connectivity index (χ1) is 9.15. The number of aliphatic hydroxyl groups excluding tert-OH is 1. The smallest absolute Gasteiger partial charge is 0.324 e. The molecule has 0 aliphatic heterocycles. The van der Waals surface area contributed by atoms with Gasteiger partial charge in [-0.2, -0.15) is 4.72 Å². The number of nitro groups is 1. The fraction of sp³-hybridized carbons (Fsp3) is 0.300. The summed E-state index contributed by atoms with van der Waals surface area (Å²) < 4.78 is 25.6. The highest BCUT2D eigenvalue weighted by Gasteiger charge is 2.29. The lowest BCUT2D eigenvalue weighted by atomic mass is 10.2. The van der Waals surface area contributed by atoms with E-state index in [0.717, 1.165) is 31.2 Å². The van der Waals surface area contributed by atoms with Crippen LogP contribution < -0.4 is 4.72 Å². The molecule has 1 aromatic carbocycles. The lowest BCUT2D eigenvalue weighted by Gasteiger charge is -2.17. The average Bonchev–Trinajstić information content (AvgIpc) is 2.35. The van der Waals surface area contributed by atoms with Crippen molar-refractivity contribution in [1.82, 2.24) is 4.72 Å². The number of carboxylic acid groups (broad SMARTS) is 1. The van der Waals surface area contributed by atoms with Crippen molar-refractivity contribution in [3.63, 3.8) is 0 Å². The standard InChI is InChI=1S/C10H12N2O7S/c1-6(13)9(10(14)15)11-20(18,19)8-4-2-7(3-5-8)12(16)17/h2-6,9,11,13H,1H3,(H,14,15). The third-order valence-corrected chi connectivity index (χ3v) is 3.85. The molecule has 10 heteroatoms. The number of non-ortho nitro benzene ring substituents is 1. The van der Waals surface area contributed by atoms with E-state index in [1.165, 1.54) is 0 Å². The maximum Gasteiger partial charge on any atom is 0.324 e. The summed E-state index contributed by atoms with van der Waals surface area (Å²) in [4.78, 5) is 20.2. The summed E-state index contributed by atoms with van der Waals surface area (Å²) in [5.74, 6) is -1.54. The summed E-state index contributed by atoms with van der Waals surface area (Å²) in [6, 6.07) is 2.19. The Labute approximate surface area is 114 Å². The van der Waals surface area contributed by atoms with Gasteiger partial charge in [0.2, 0.25) is 10.0 Å². The number of rotatable bonds is 6. The minimum absolute atomic E-state index is 0.297. The predicted molar refractivity (Wildman–Crippen MR) is 66.5 cm³/mol. The number of hydrogen-bond acceptors (Lipinski definition) is 6. The number of sulfonamides is 1. The summed E-state index contributed by atoms with van der Waals surface area (Å²) in [6.45, 7) is 1.12. The van der Waals surface area contributed by atoms with E-state index in [1.807, 2.05) is 4.72 Å². The molecule has 0 aliphatic carbocycles. The average molecular weight is 304 g/mol. The van der Waals surface area contributed by atoms with Gasteiger partial charge < -0.3 is 10.2 Å². The van der Waals surface area contributed by atoms with E-state index in [2.05, 4.69) is 0 Å². The molecule has 0 radical (unpaired) electrons. The molecular weight excluding hydrogens is 292 g/mol. The number of nitrogens with zero attached hydrogens (tertiary/aromatic N) is 1. The number of aliphatic hydroxyl groups is 1. The van der Waals surface area contributed by atoms with E-state index >= 15 is 0 Å². The Kier molecular flexibility index (Phi) is 4.76. The number of hydrogen-bond donors (Lipinski definition) is 3. The van der Waals surface area contributed by atoms with Crippen molar-refractivity contribution in [2.45, 2.75) is 24.0 Å². The molecule has 0 fully saturated rings. The van der Waals surface area contributed by atoms with Crippen molar-refractivity contribution in [2.24, 2.45) is 0 Å². The highest BCUT2D eigenvalue weighted by atomic mass is 32.2. The second kappa shape index (κ2) is 5.94. The van der Waals surface area contributed by atoms with Crippen LogP contribution in [-0.2, 0) is 14.8 Å². The number of aliphatic carboxylic acids is 1. The van der Waals surface area contributed by atoms with Gasteiger partial charge in [-0.15, -0.1) is 0 Å². The molecule has 0 heterocycles. The Bertz CT molecular complexity index is 609. The Hall–Kier alpha value is -2.04. The van der Waals surface area contributed by atoms with Crippen molar-refractivity contribution >= 4 is 21.7 Å². The monoisotopic (exact) mass is 304 g/mol. The van der Waals surface area contributed by atoms with Crippen LogP contribution in [0, 0.1) is 10.1 Å². The maximum absolute atomic E-state index is 11.9. The van der Waals surface area contributed by atoms with Crippen molar-refractivity contribution in [3.05, 3.63) is 34.4 Å². The van der Waals surface area contributed by atoms with Gasteiger partial charge >= 0.3 is 5.97 Å². The van der Waals surface area contributed by atoms with Crippen LogP contribution in [0.2, 0.25) is 0 Å².